The van der Waals surface area contributed by atoms with Crippen molar-refractivity contribution in [2.24, 2.45) is 20.7 Å². The van der Waals surface area contributed by atoms with Crippen molar-refractivity contribution < 1.29 is 19.5 Å². The molecule has 0 atom stereocenters. The predicted octanol–water partition coefficient (Wildman–Crippen LogP) is 1.16. The number of rotatable bonds is 0. The average molecular weight is 149 g/mol. The van der Waals surface area contributed by atoms with E-state index >= 15 is 0 Å². The largest absolute Gasteiger partial charge is 0.182 e. The predicted molar refractivity (Wildman–Crippen MR) is 19.2 cm³/mol. The Morgan fingerprint density at radius 2 is 1.57 bits per heavy atom. The van der Waals surface area contributed by atoms with Crippen LogP contribution in [0.15, 0.2) is 20.7 Å². The van der Waals surface area contributed by atoms with E-state index in [1.165, 1.54) is 0 Å². The smallest absolute Gasteiger partial charge is 0.138 e. The molecule has 0 unspecified atom stereocenters. The zero-order chi connectivity index (χ0) is 4.41. The summed E-state index contributed by atoms with van der Waals surface area (Å²) in [5, 5.41) is 13.6. The van der Waals surface area contributed by atoms with E-state index in [1.807, 2.05) is 6.92 Å². The van der Waals surface area contributed by atoms with Gasteiger partial charge in [-0.1, -0.05) is 0 Å². The Morgan fingerprint density at radius 3 is 1.71 bits per heavy atom. The fourth-order valence-electron chi connectivity index (χ4n) is 0.219. The summed E-state index contributed by atoms with van der Waals surface area (Å²) in [5.41, 5.74) is 0. The molecule has 1 aliphatic heterocycles. The van der Waals surface area contributed by atoms with Gasteiger partial charge in [-0.05, 0) is 17.4 Å². The summed E-state index contributed by atoms with van der Waals surface area (Å²) in [7, 11) is 0. The average Bonchev–Trinajstić information content (AvgIpc) is 1.86. The standard InChI is InChI=1S/C2H4N4.Zn/c1-2-3-5-6-4-2;/h2H,1H3;. The Morgan fingerprint density at radius 1 is 1.14 bits per heavy atom. The first-order valence-corrected chi connectivity index (χ1v) is 1.69. The molecule has 0 fully saturated rings. The molecule has 0 radical (unpaired) electrons. The zero-order valence-corrected chi connectivity index (χ0v) is 7.04. The normalized spacial score (nSPS) is 17.3. The number of hydrogen-bond acceptors (Lipinski definition) is 4. The number of hydrogen-bond donors (Lipinski definition) is 0. The van der Waals surface area contributed by atoms with Gasteiger partial charge in [0.05, 0.1) is 0 Å². The Labute approximate surface area is 53.8 Å². The second-order valence-electron chi connectivity index (χ2n) is 1.04. The fraction of sp³-hybridized carbons (Fsp3) is 1.00. The summed E-state index contributed by atoms with van der Waals surface area (Å²) in [5.74, 6) is 0. The molecule has 0 spiro atoms. The van der Waals surface area contributed by atoms with Crippen LogP contribution >= 0.6 is 0 Å². The van der Waals surface area contributed by atoms with Crippen molar-refractivity contribution in [2.75, 3.05) is 0 Å². The summed E-state index contributed by atoms with van der Waals surface area (Å²) in [4.78, 5) is 0. The summed E-state index contributed by atoms with van der Waals surface area (Å²) in [6.07, 6.45) is -0.0370. The topological polar surface area (TPSA) is 49.4 Å². The van der Waals surface area contributed by atoms with Crippen LogP contribution in [-0.2, 0) is 19.5 Å². The van der Waals surface area contributed by atoms with Crippen LogP contribution in [0.3, 0.4) is 0 Å². The molecule has 1 rings (SSSR count). The van der Waals surface area contributed by atoms with Gasteiger partial charge in [-0.3, -0.25) is 0 Å². The van der Waals surface area contributed by atoms with E-state index in [4.69, 9.17) is 0 Å². The maximum Gasteiger partial charge on any atom is 0.182 e. The van der Waals surface area contributed by atoms with Gasteiger partial charge in [0.1, 0.15) is 0 Å². The van der Waals surface area contributed by atoms with Gasteiger partial charge < -0.3 is 0 Å². The van der Waals surface area contributed by atoms with Crippen LogP contribution < -0.4 is 0 Å². The molecule has 1 heterocycles. The minimum absolute atomic E-state index is 0. The minimum Gasteiger partial charge on any atom is -0.138 e. The third kappa shape index (κ3) is 1.83. The van der Waals surface area contributed by atoms with Gasteiger partial charge in [0.25, 0.3) is 0 Å². The second kappa shape index (κ2) is 2.91. The molecular formula is C2H4N4Zn. The second-order valence-corrected chi connectivity index (χ2v) is 1.04. The monoisotopic (exact) mass is 148 g/mol. The summed E-state index contributed by atoms with van der Waals surface area (Å²) in [6, 6.07) is 0. The van der Waals surface area contributed by atoms with Crippen LogP contribution in [-0.4, -0.2) is 6.17 Å². The molecule has 4 nitrogen and oxygen atoms in total. The first-order chi connectivity index (χ1) is 2.89. The van der Waals surface area contributed by atoms with E-state index in [9.17, 15) is 0 Å². The molecule has 0 aliphatic carbocycles. The summed E-state index contributed by atoms with van der Waals surface area (Å²) < 4.78 is 0. The van der Waals surface area contributed by atoms with Crippen LogP contribution in [0, 0.1) is 0 Å². The molecule has 0 N–H and O–H groups in total. The van der Waals surface area contributed by atoms with Gasteiger partial charge in [0, 0.05) is 19.5 Å². The van der Waals surface area contributed by atoms with Crippen molar-refractivity contribution in [3.63, 3.8) is 0 Å². The van der Waals surface area contributed by atoms with Crippen molar-refractivity contribution >= 4 is 0 Å². The molecule has 0 amide bonds. The maximum atomic E-state index is 3.53. The molecule has 0 aromatic heterocycles. The Kier molecular flexibility index (Phi) is 2.84. The molecule has 7 heavy (non-hydrogen) atoms. The van der Waals surface area contributed by atoms with E-state index < -0.39 is 0 Å². The molecule has 5 heteroatoms. The molecular weight excluding hydrogens is 145 g/mol. The molecule has 34 valence electrons. The third-order valence-electron chi connectivity index (χ3n) is 0.477. The zero-order valence-electron chi connectivity index (χ0n) is 4.07. The number of nitrogens with zero attached hydrogens (tertiary/aromatic N) is 4. The van der Waals surface area contributed by atoms with Crippen molar-refractivity contribution in [1.29, 1.82) is 0 Å². The van der Waals surface area contributed by atoms with Crippen LogP contribution in [0.2, 0.25) is 0 Å². The molecule has 0 saturated carbocycles. The third-order valence-corrected chi connectivity index (χ3v) is 0.477. The van der Waals surface area contributed by atoms with Crippen molar-refractivity contribution in [1.82, 2.24) is 0 Å². The Balaban J connectivity index is 0.000000360. The van der Waals surface area contributed by atoms with Crippen LogP contribution in [0.25, 0.3) is 0 Å². The minimum atomic E-state index is -0.0370. The van der Waals surface area contributed by atoms with E-state index in [2.05, 4.69) is 20.7 Å². The van der Waals surface area contributed by atoms with Crippen LogP contribution in [0.5, 0.6) is 0 Å². The first-order valence-electron chi connectivity index (χ1n) is 1.69. The molecule has 0 aromatic carbocycles. The van der Waals surface area contributed by atoms with Crippen molar-refractivity contribution in [3.05, 3.63) is 0 Å². The summed E-state index contributed by atoms with van der Waals surface area (Å²) in [6.45, 7) is 1.82. The molecule has 0 aromatic rings. The van der Waals surface area contributed by atoms with Gasteiger partial charge in [-0.25, -0.2) is 0 Å². The Bertz CT molecular complexity index is 85.9. The van der Waals surface area contributed by atoms with Gasteiger partial charge in [0.15, 0.2) is 6.17 Å². The van der Waals surface area contributed by atoms with E-state index in [0.717, 1.165) is 0 Å². The van der Waals surface area contributed by atoms with Gasteiger partial charge in [-0.2, -0.15) is 0 Å². The van der Waals surface area contributed by atoms with Gasteiger partial charge in [-0.15, -0.1) is 10.2 Å². The van der Waals surface area contributed by atoms with E-state index in [1.54, 1.807) is 0 Å². The van der Waals surface area contributed by atoms with Crippen LogP contribution in [0.4, 0.5) is 0 Å². The van der Waals surface area contributed by atoms with Crippen molar-refractivity contribution in [2.45, 2.75) is 13.1 Å². The SMILES string of the molecule is CC1N=NN=N1.[Zn]. The fourth-order valence-corrected chi connectivity index (χ4v) is 0.219. The molecule has 1 aliphatic rings. The molecule has 0 saturated heterocycles. The first kappa shape index (κ1) is 6.82. The van der Waals surface area contributed by atoms with Gasteiger partial charge >= 0.3 is 0 Å². The Hall–Kier alpha value is -0.177. The quantitative estimate of drug-likeness (QED) is 0.464. The van der Waals surface area contributed by atoms with E-state index in [0.29, 0.717) is 0 Å². The molecule has 0 bridgehead atoms. The van der Waals surface area contributed by atoms with Gasteiger partial charge in [0.2, 0.25) is 0 Å². The van der Waals surface area contributed by atoms with Crippen molar-refractivity contribution in [3.8, 4) is 0 Å². The maximum absolute atomic E-state index is 3.53. The van der Waals surface area contributed by atoms with Crippen LogP contribution in [0.1, 0.15) is 6.92 Å². The van der Waals surface area contributed by atoms with E-state index in [-0.39, 0.29) is 25.6 Å². The summed E-state index contributed by atoms with van der Waals surface area (Å²) >= 11 is 0.